The van der Waals surface area contributed by atoms with Gasteiger partial charge in [0.2, 0.25) is 5.95 Å². The number of anilines is 2. The first kappa shape index (κ1) is 21.2. The fraction of sp³-hybridized carbons (Fsp3) is 0.136. The number of nitrogens with one attached hydrogen (secondary N) is 1. The lowest BCUT2D eigenvalue weighted by atomic mass is 9.98. The maximum atomic E-state index is 12.9. The van der Waals surface area contributed by atoms with E-state index in [2.05, 4.69) is 25.3 Å². The van der Waals surface area contributed by atoms with Gasteiger partial charge in [0.25, 0.3) is 5.91 Å². The number of rotatable bonds is 3. The van der Waals surface area contributed by atoms with E-state index in [0.29, 0.717) is 28.5 Å². The number of nitrogens with zero attached hydrogens (tertiary/aromatic N) is 4. The standard InChI is InChI=1S/C22H17F3N6O/c1-11-3-4-15(30-20(32)13-5-6-27-18(8-13)22(23,24)25)9-16(11)17-7-14-10-28-21(26)31-19(14)29-12(17)2/h3-10H,1-2H3,(H,30,32)(H2,26,28,29,31). The average molecular weight is 438 g/mol. The maximum Gasteiger partial charge on any atom is 0.433 e. The summed E-state index contributed by atoms with van der Waals surface area (Å²) in [4.78, 5) is 28.4. The fourth-order valence-electron chi connectivity index (χ4n) is 3.26. The molecule has 3 aromatic heterocycles. The number of carbonyl (C=O) groups excluding carboxylic acids is 1. The van der Waals surface area contributed by atoms with Gasteiger partial charge in [0.15, 0.2) is 5.65 Å². The van der Waals surface area contributed by atoms with E-state index in [9.17, 15) is 18.0 Å². The van der Waals surface area contributed by atoms with Crippen molar-refractivity contribution in [2.24, 2.45) is 0 Å². The molecule has 0 radical (unpaired) electrons. The molecule has 162 valence electrons. The van der Waals surface area contributed by atoms with Crippen LogP contribution in [-0.4, -0.2) is 25.8 Å². The number of pyridine rings is 2. The summed E-state index contributed by atoms with van der Waals surface area (Å²) in [5, 5.41) is 3.34. The molecule has 0 aliphatic heterocycles. The second-order valence-electron chi connectivity index (χ2n) is 7.17. The van der Waals surface area contributed by atoms with Crippen LogP contribution in [0.3, 0.4) is 0 Å². The van der Waals surface area contributed by atoms with Crippen molar-refractivity contribution in [1.29, 1.82) is 0 Å². The van der Waals surface area contributed by atoms with Crippen LogP contribution >= 0.6 is 0 Å². The molecule has 0 fully saturated rings. The Bertz CT molecular complexity index is 1350. The Balaban J connectivity index is 1.68. The van der Waals surface area contributed by atoms with Gasteiger partial charge in [-0.15, -0.1) is 0 Å². The Kier molecular flexibility index (Phi) is 5.21. The average Bonchev–Trinajstić information content (AvgIpc) is 2.74. The van der Waals surface area contributed by atoms with Gasteiger partial charge in [-0.2, -0.15) is 18.2 Å². The van der Waals surface area contributed by atoms with Crippen LogP contribution in [0, 0.1) is 13.8 Å². The maximum absolute atomic E-state index is 12.9. The molecule has 1 aromatic carbocycles. The molecular formula is C22H17F3N6O. The quantitative estimate of drug-likeness (QED) is 0.486. The second-order valence-corrected chi connectivity index (χ2v) is 7.17. The van der Waals surface area contributed by atoms with Gasteiger partial charge in [-0.05, 0) is 55.3 Å². The van der Waals surface area contributed by atoms with E-state index >= 15 is 0 Å². The molecule has 3 heterocycles. The monoisotopic (exact) mass is 438 g/mol. The molecule has 1 amide bonds. The zero-order valence-electron chi connectivity index (χ0n) is 17.0. The number of halogens is 3. The van der Waals surface area contributed by atoms with Crippen molar-refractivity contribution in [1.82, 2.24) is 19.9 Å². The lowest BCUT2D eigenvalue weighted by Gasteiger charge is -2.13. The van der Waals surface area contributed by atoms with E-state index < -0.39 is 17.8 Å². The van der Waals surface area contributed by atoms with Gasteiger partial charge in [0.1, 0.15) is 5.69 Å². The van der Waals surface area contributed by atoms with Crippen molar-refractivity contribution in [3.8, 4) is 11.1 Å². The SMILES string of the molecule is Cc1ccc(NC(=O)c2ccnc(C(F)(F)F)c2)cc1-c1cc2cnc(N)nc2nc1C. The van der Waals surface area contributed by atoms with Gasteiger partial charge in [-0.3, -0.25) is 9.78 Å². The van der Waals surface area contributed by atoms with Crippen molar-refractivity contribution in [3.63, 3.8) is 0 Å². The smallest absolute Gasteiger partial charge is 0.368 e. The number of fused-ring (bicyclic) bond motifs is 1. The minimum absolute atomic E-state index is 0.128. The zero-order valence-corrected chi connectivity index (χ0v) is 17.0. The highest BCUT2D eigenvalue weighted by molar-refractivity contribution is 6.04. The predicted octanol–water partition coefficient (Wildman–Crippen LogP) is 4.56. The summed E-state index contributed by atoms with van der Waals surface area (Å²) in [5.74, 6) is -0.548. The van der Waals surface area contributed by atoms with E-state index in [-0.39, 0.29) is 11.5 Å². The molecule has 0 spiro atoms. The Morgan fingerprint density at radius 3 is 2.53 bits per heavy atom. The van der Waals surface area contributed by atoms with E-state index in [0.717, 1.165) is 22.9 Å². The number of hydrogen-bond acceptors (Lipinski definition) is 6. The predicted molar refractivity (Wildman–Crippen MR) is 114 cm³/mol. The summed E-state index contributed by atoms with van der Waals surface area (Å²) in [7, 11) is 0. The third-order valence-corrected chi connectivity index (χ3v) is 4.88. The lowest BCUT2D eigenvalue weighted by Crippen LogP contribution is -2.15. The minimum atomic E-state index is -4.64. The molecule has 0 aliphatic carbocycles. The van der Waals surface area contributed by atoms with E-state index in [1.54, 1.807) is 18.3 Å². The van der Waals surface area contributed by atoms with Crippen molar-refractivity contribution < 1.29 is 18.0 Å². The molecule has 0 saturated heterocycles. The summed E-state index contributed by atoms with van der Waals surface area (Å²) in [5.41, 5.74) is 8.48. The molecule has 32 heavy (non-hydrogen) atoms. The molecule has 0 aliphatic rings. The van der Waals surface area contributed by atoms with Crippen LogP contribution in [0.25, 0.3) is 22.2 Å². The van der Waals surface area contributed by atoms with Crippen LogP contribution in [0.5, 0.6) is 0 Å². The topological polar surface area (TPSA) is 107 Å². The Labute approximate surface area is 180 Å². The van der Waals surface area contributed by atoms with Crippen LogP contribution in [0.2, 0.25) is 0 Å². The van der Waals surface area contributed by atoms with Crippen LogP contribution in [-0.2, 0) is 6.18 Å². The third kappa shape index (κ3) is 4.20. The number of nitrogen functional groups attached to an aromatic ring is 1. The Hall–Kier alpha value is -4.08. The number of aryl methyl sites for hydroxylation is 2. The Morgan fingerprint density at radius 2 is 1.78 bits per heavy atom. The highest BCUT2D eigenvalue weighted by Gasteiger charge is 2.33. The number of aromatic nitrogens is 4. The summed E-state index contributed by atoms with van der Waals surface area (Å²) < 4.78 is 38.7. The van der Waals surface area contributed by atoms with E-state index in [4.69, 9.17) is 5.73 Å². The molecule has 4 rings (SSSR count). The molecule has 0 unspecified atom stereocenters. The van der Waals surface area contributed by atoms with Crippen LogP contribution in [0.1, 0.15) is 27.3 Å². The third-order valence-electron chi connectivity index (χ3n) is 4.88. The number of benzene rings is 1. The molecule has 0 atom stereocenters. The molecule has 4 aromatic rings. The molecule has 0 bridgehead atoms. The van der Waals surface area contributed by atoms with Crippen molar-refractivity contribution in [3.05, 3.63) is 71.3 Å². The molecule has 0 saturated carbocycles. The van der Waals surface area contributed by atoms with Crippen LogP contribution in [0.4, 0.5) is 24.8 Å². The van der Waals surface area contributed by atoms with Gasteiger partial charge < -0.3 is 11.1 Å². The van der Waals surface area contributed by atoms with E-state index in [1.165, 1.54) is 6.07 Å². The molecule has 3 N–H and O–H groups in total. The van der Waals surface area contributed by atoms with Crippen LogP contribution in [0.15, 0.2) is 48.8 Å². The van der Waals surface area contributed by atoms with Gasteiger partial charge in [0.05, 0.1) is 0 Å². The number of alkyl halides is 3. The van der Waals surface area contributed by atoms with Gasteiger partial charge in [-0.25, -0.2) is 9.97 Å². The largest absolute Gasteiger partial charge is 0.433 e. The van der Waals surface area contributed by atoms with E-state index in [1.807, 2.05) is 26.0 Å². The lowest BCUT2D eigenvalue weighted by molar-refractivity contribution is -0.141. The van der Waals surface area contributed by atoms with Gasteiger partial charge in [-0.1, -0.05) is 6.07 Å². The highest BCUT2D eigenvalue weighted by Crippen LogP contribution is 2.31. The number of carbonyl (C=O) groups is 1. The summed E-state index contributed by atoms with van der Waals surface area (Å²) in [6.07, 6.45) is -2.10. The fourth-order valence-corrected chi connectivity index (χ4v) is 3.26. The number of amides is 1. The number of nitrogens with two attached hydrogens (primary N) is 1. The van der Waals surface area contributed by atoms with Crippen LogP contribution < -0.4 is 11.1 Å². The van der Waals surface area contributed by atoms with Crippen molar-refractivity contribution in [2.75, 3.05) is 11.1 Å². The van der Waals surface area contributed by atoms with Gasteiger partial charge in [0, 0.05) is 40.3 Å². The first-order chi connectivity index (χ1) is 15.1. The molecular weight excluding hydrogens is 421 g/mol. The molecule has 7 nitrogen and oxygen atoms in total. The summed E-state index contributed by atoms with van der Waals surface area (Å²) in [6, 6.07) is 9.05. The minimum Gasteiger partial charge on any atom is -0.368 e. The molecule has 10 heteroatoms. The first-order valence-corrected chi connectivity index (χ1v) is 9.47. The number of hydrogen-bond donors (Lipinski definition) is 2. The van der Waals surface area contributed by atoms with Crippen molar-refractivity contribution in [2.45, 2.75) is 20.0 Å². The normalized spacial score (nSPS) is 11.5. The first-order valence-electron chi connectivity index (χ1n) is 9.47. The summed E-state index contributed by atoms with van der Waals surface area (Å²) in [6.45, 7) is 3.73. The summed E-state index contributed by atoms with van der Waals surface area (Å²) >= 11 is 0. The van der Waals surface area contributed by atoms with Gasteiger partial charge >= 0.3 is 6.18 Å². The second kappa shape index (κ2) is 7.88. The zero-order chi connectivity index (χ0) is 23.0. The Morgan fingerprint density at radius 1 is 1.00 bits per heavy atom. The van der Waals surface area contributed by atoms with Crippen molar-refractivity contribution >= 4 is 28.6 Å². The highest BCUT2D eigenvalue weighted by atomic mass is 19.4.